The van der Waals surface area contributed by atoms with E-state index in [2.05, 4.69) is 126 Å². The molecule has 0 N–H and O–H groups in total. The molecule has 43 heavy (non-hydrogen) atoms. The highest BCUT2D eigenvalue weighted by Crippen LogP contribution is 2.49. The molecule has 0 radical (unpaired) electrons. The summed E-state index contributed by atoms with van der Waals surface area (Å²) < 4.78 is 6.43. The first-order chi connectivity index (χ1) is 21.2. The molecule has 2 nitrogen and oxygen atoms in total. The number of hydrogen-bond acceptors (Lipinski definition) is 1. The van der Waals surface area contributed by atoms with Crippen LogP contribution in [0.5, 0.6) is 11.5 Å². The summed E-state index contributed by atoms with van der Waals surface area (Å²) in [7, 11) is 0. The van der Waals surface area contributed by atoms with Gasteiger partial charge in [-0.15, -0.1) is 0 Å². The molecule has 0 aromatic heterocycles. The summed E-state index contributed by atoms with van der Waals surface area (Å²) in [6, 6.07) is 49.5. The molecular weight excluding hydrogens is 522 g/mol. The summed E-state index contributed by atoms with van der Waals surface area (Å²) in [4.78, 5) is 3.66. The zero-order valence-corrected chi connectivity index (χ0v) is 23.1. The molecule has 8 aromatic rings. The molecule has 1 heterocycles. The maximum Gasteiger partial charge on any atom is 0.191 e. The molecule has 0 saturated carbocycles. The highest BCUT2D eigenvalue weighted by Gasteiger charge is 2.21. The number of nitrogens with zero attached hydrogens (tertiary/aromatic N) is 1. The third-order valence-electron chi connectivity index (χ3n) is 8.84. The Hall–Kier alpha value is -5.91. The summed E-state index contributed by atoms with van der Waals surface area (Å²) in [6.07, 6.45) is 0. The van der Waals surface area contributed by atoms with Crippen molar-refractivity contribution in [2.75, 3.05) is 0 Å². The van der Waals surface area contributed by atoms with Crippen LogP contribution >= 0.6 is 0 Å². The summed E-state index contributed by atoms with van der Waals surface area (Å²) in [5, 5.41) is 9.71. The Morgan fingerprint density at radius 2 is 1.14 bits per heavy atom. The van der Waals surface area contributed by atoms with Crippen LogP contribution in [-0.2, 0) is 0 Å². The fourth-order valence-electron chi connectivity index (χ4n) is 6.81. The molecular formula is C41H23NO. The average molecular weight is 546 g/mol. The van der Waals surface area contributed by atoms with Crippen molar-refractivity contribution in [3.05, 3.63) is 151 Å². The number of hydrogen-bond donors (Lipinski definition) is 0. The van der Waals surface area contributed by atoms with E-state index < -0.39 is 0 Å². The van der Waals surface area contributed by atoms with E-state index in [1.807, 2.05) is 18.2 Å². The Bertz CT molecular complexity index is 2480. The van der Waals surface area contributed by atoms with Crippen LogP contribution in [0.4, 0.5) is 5.69 Å². The predicted molar refractivity (Wildman–Crippen MR) is 179 cm³/mol. The Morgan fingerprint density at radius 3 is 2.00 bits per heavy atom. The Balaban J connectivity index is 1.15. The van der Waals surface area contributed by atoms with Gasteiger partial charge in [0, 0.05) is 10.9 Å². The zero-order chi connectivity index (χ0) is 28.5. The molecule has 0 spiro atoms. The third kappa shape index (κ3) is 3.59. The van der Waals surface area contributed by atoms with E-state index in [4.69, 9.17) is 11.3 Å². The summed E-state index contributed by atoms with van der Waals surface area (Å²) >= 11 is 0. The molecule has 1 aliphatic heterocycles. The second kappa shape index (κ2) is 9.05. The lowest BCUT2D eigenvalue weighted by Crippen LogP contribution is -1.97. The van der Waals surface area contributed by atoms with E-state index in [-0.39, 0.29) is 0 Å². The minimum absolute atomic E-state index is 0.587. The van der Waals surface area contributed by atoms with Gasteiger partial charge in [0.1, 0.15) is 11.5 Å². The van der Waals surface area contributed by atoms with Gasteiger partial charge in [0.15, 0.2) is 5.69 Å². The van der Waals surface area contributed by atoms with Crippen LogP contribution in [-0.4, -0.2) is 0 Å². The van der Waals surface area contributed by atoms with Crippen molar-refractivity contribution in [1.82, 2.24) is 0 Å². The minimum atomic E-state index is 0.587. The van der Waals surface area contributed by atoms with Crippen molar-refractivity contribution >= 4 is 48.8 Å². The van der Waals surface area contributed by atoms with Gasteiger partial charge in [-0.1, -0.05) is 109 Å². The second-order valence-corrected chi connectivity index (χ2v) is 11.2. The van der Waals surface area contributed by atoms with Gasteiger partial charge in [-0.3, -0.25) is 0 Å². The normalized spacial score (nSPS) is 11.9. The molecule has 0 unspecified atom stereocenters. The van der Waals surface area contributed by atoms with E-state index in [9.17, 15) is 0 Å². The van der Waals surface area contributed by atoms with Crippen LogP contribution in [0.3, 0.4) is 0 Å². The second-order valence-electron chi connectivity index (χ2n) is 11.2. The van der Waals surface area contributed by atoms with Crippen LogP contribution < -0.4 is 4.74 Å². The maximum absolute atomic E-state index is 7.52. The minimum Gasteiger partial charge on any atom is -0.457 e. The molecule has 198 valence electrons. The molecule has 0 bridgehead atoms. The SMILES string of the molecule is [C-]#[N+]c1cc2c3c(cccc3c1)-c1ccc(-c3ccc(-c4cc5c6ccccc6ccc5c5ccccc45)cc3)cc1O2. The van der Waals surface area contributed by atoms with Gasteiger partial charge >= 0.3 is 0 Å². The fraction of sp³-hybridized carbons (Fsp3) is 0. The zero-order valence-electron chi connectivity index (χ0n) is 23.1. The molecule has 0 aliphatic carbocycles. The number of ether oxygens (including phenoxy) is 1. The lowest BCUT2D eigenvalue weighted by Gasteiger charge is -2.22. The van der Waals surface area contributed by atoms with Crippen LogP contribution in [0.1, 0.15) is 0 Å². The molecule has 2 heteroatoms. The van der Waals surface area contributed by atoms with Gasteiger partial charge in [-0.05, 0) is 95.9 Å². The third-order valence-corrected chi connectivity index (χ3v) is 8.84. The van der Waals surface area contributed by atoms with Crippen LogP contribution in [0.15, 0.2) is 140 Å². The molecule has 0 saturated heterocycles. The van der Waals surface area contributed by atoms with Gasteiger partial charge in [0.25, 0.3) is 0 Å². The van der Waals surface area contributed by atoms with Gasteiger partial charge in [0.2, 0.25) is 0 Å². The van der Waals surface area contributed by atoms with Crippen molar-refractivity contribution in [3.8, 4) is 44.9 Å². The largest absolute Gasteiger partial charge is 0.457 e. The molecule has 9 rings (SSSR count). The standard InChI is InChI=1S/C41H23NO/c1-42-30-21-29-8-6-12-36-35-20-18-28(22-39(35)43-40(23-30)41(29)36)25-13-15-27(16-14-25)37-24-38-31-9-3-2-7-26(31)17-19-34(38)32-10-4-5-11-33(32)37/h2-24H. The average Bonchev–Trinajstić information content (AvgIpc) is 3.07. The van der Waals surface area contributed by atoms with E-state index in [0.717, 1.165) is 44.5 Å². The monoisotopic (exact) mass is 545 g/mol. The van der Waals surface area contributed by atoms with Crippen molar-refractivity contribution in [2.45, 2.75) is 0 Å². The first-order valence-electron chi connectivity index (χ1n) is 14.5. The van der Waals surface area contributed by atoms with Gasteiger partial charge in [-0.25, -0.2) is 4.85 Å². The van der Waals surface area contributed by atoms with E-state index in [1.54, 1.807) is 0 Å². The molecule has 8 aromatic carbocycles. The predicted octanol–water partition coefficient (Wildman–Crippen LogP) is 12.0. The molecule has 1 aliphatic rings. The smallest absolute Gasteiger partial charge is 0.191 e. The fourth-order valence-corrected chi connectivity index (χ4v) is 6.81. The van der Waals surface area contributed by atoms with Crippen LogP contribution in [0.2, 0.25) is 0 Å². The lowest BCUT2D eigenvalue weighted by atomic mass is 9.90. The summed E-state index contributed by atoms with van der Waals surface area (Å²) in [5.74, 6) is 1.56. The number of benzene rings is 8. The number of fused-ring (bicyclic) bond motifs is 7. The highest BCUT2D eigenvalue weighted by atomic mass is 16.5. The van der Waals surface area contributed by atoms with Gasteiger partial charge in [-0.2, -0.15) is 0 Å². The van der Waals surface area contributed by atoms with Crippen LogP contribution in [0, 0.1) is 6.57 Å². The highest BCUT2D eigenvalue weighted by molar-refractivity contribution is 6.21. The van der Waals surface area contributed by atoms with E-state index >= 15 is 0 Å². The van der Waals surface area contributed by atoms with Crippen molar-refractivity contribution in [3.63, 3.8) is 0 Å². The van der Waals surface area contributed by atoms with Gasteiger partial charge in [0.05, 0.1) is 6.57 Å². The quantitative estimate of drug-likeness (QED) is 0.156. The Kier molecular flexibility index (Phi) is 5.00. The topological polar surface area (TPSA) is 13.6 Å². The molecule has 0 amide bonds. The Labute approximate surface area is 248 Å². The van der Waals surface area contributed by atoms with E-state index in [1.165, 1.54) is 43.4 Å². The van der Waals surface area contributed by atoms with Crippen molar-refractivity contribution in [2.24, 2.45) is 0 Å². The van der Waals surface area contributed by atoms with E-state index in [0.29, 0.717) is 5.69 Å². The van der Waals surface area contributed by atoms with Crippen LogP contribution in [0.25, 0.3) is 81.3 Å². The van der Waals surface area contributed by atoms with Crippen molar-refractivity contribution in [1.29, 1.82) is 0 Å². The molecule has 0 atom stereocenters. The number of rotatable bonds is 2. The van der Waals surface area contributed by atoms with Crippen molar-refractivity contribution < 1.29 is 4.74 Å². The maximum atomic E-state index is 7.52. The molecule has 0 fully saturated rings. The lowest BCUT2D eigenvalue weighted by molar-refractivity contribution is 0.487. The first-order valence-corrected chi connectivity index (χ1v) is 14.5. The van der Waals surface area contributed by atoms with Gasteiger partial charge < -0.3 is 4.74 Å². The first kappa shape index (κ1) is 23.8. The summed E-state index contributed by atoms with van der Waals surface area (Å²) in [6.45, 7) is 7.52. The summed E-state index contributed by atoms with van der Waals surface area (Å²) in [5.41, 5.74) is 7.45. The Morgan fingerprint density at radius 1 is 0.419 bits per heavy atom.